The average Bonchev–Trinajstić information content (AvgIpc) is 2.67. The number of hydrogen-bond acceptors (Lipinski definition) is 3. The molecule has 2 rings (SSSR count). The highest BCUT2D eigenvalue weighted by molar-refractivity contribution is 5.21. The summed E-state index contributed by atoms with van der Waals surface area (Å²) in [5.74, 6) is 2.12. The summed E-state index contributed by atoms with van der Waals surface area (Å²) < 4.78 is 5.88. The lowest BCUT2D eigenvalue weighted by molar-refractivity contribution is 0.263. The Balaban J connectivity index is 1.94. The van der Waals surface area contributed by atoms with Gasteiger partial charge in [-0.3, -0.25) is 4.90 Å². The first-order chi connectivity index (χ1) is 8.94. The molecule has 0 radical (unpaired) electrons. The third-order valence-corrected chi connectivity index (χ3v) is 3.40. The van der Waals surface area contributed by atoms with Gasteiger partial charge < -0.3 is 9.73 Å². The molecule has 0 aromatic carbocycles. The summed E-state index contributed by atoms with van der Waals surface area (Å²) >= 11 is 0. The molecule has 1 aromatic rings. The van der Waals surface area contributed by atoms with Crippen LogP contribution in [-0.2, 0) is 13.1 Å². The average molecular weight is 262 g/mol. The van der Waals surface area contributed by atoms with E-state index in [0.717, 1.165) is 44.1 Å². The summed E-state index contributed by atoms with van der Waals surface area (Å²) in [6.07, 6.45) is 5.64. The Bertz CT molecular complexity index is 440. The molecule has 19 heavy (non-hydrogen) atoms. The Labute approximate surface area is 116 Å². The van der Waals surface area contributed by atoms with Gasteiger partial charge in [-0.05, 0) is 40.2 Å². The summed E-state index contributed by atoms with van der Waals surface area (Å²) in [5.41, 5.74) is 1.42. The van der Waals surface area contributed by atoms with Crippen molar-refractivity contribution < 1.29 is 4.42 Å². The fraction of sp³-hybridized carbons (Fsp3) is 0.625. The third kappa shape index (κ3) is 4.51. The van der Waals surface area contributed by atoms with Crippen LogP contribution in [0, 0.1) is 6.92 Å². The van der Waals surface area contributed by atoms with Crippen LogP contribution in [0.3, 0.4) is 0 Å². The SMILES string of the molecule is Cc1oc(CN2CC=CCC2)cc1CNC(C)(C)C. The van der Waals surface area contributed by atoms with E-state index >= 15 is 0 Å². The Kier molecular flexibility index (Phi) is 4.48. The summed E-state index contributed by atoms with van der Waals surface area (Å²) in [4.78, 5) is 2.42. The van der Waals surface area contributed by atoms with Crippen LogP contribution in [0.1, 0.15) is 44.3 Å². The highest BCUT2D eigenvalue weighted by Crippen LogP contribution is 2.18. The lowest BCUT2D eigenvalue weighted by Gasteiger charge is -2.21. The molecule has 1 aliphatic heterocycles. The van der Waals surface area contributed by atoms with Crippen molar-refractivity contribution >= 4 is 0 Å². The van der Waals surface area contributed by atoms with Gasteiger partial charge in [0.15, 0.2) is 0 Å². The standard InChI is InChI=1S/C16H26N2O/c1-13-14(11-17-16(2,3)4)10-15(19-13)12-18-8-6-5-7-9-18/h5-6,10,17H,7-9,11-12H2,1-4H3. The minimum atomic E-state index is 0.140. The zero-order chi connectivity index (χ0) is 13.9. The van der Waals surface area contributed by atoms with Gasteiger partial charge in [-0.2, -0.15) is 0 Å². The monoisotopic (exact) mass is 262 g/mol. The molecule has 0 saturated heterocycles. The maximum Gasteiger partial charge on any atom is 0.118 e. The second-order valence-corrected chi connectivity index (χ2v) is 6.39. The van der Waals surface area contributed by atoms with Gasteiger partial charge in [0, 0.05) is 30.7 Å². The van der Waals surface area contributed by atoms with Gasteiger partial charge in [-0.1, -0.05) is 12.2 Å². The van der Waals surface area contributed by atoms with Gasteiger partial charge in [0.25, 0.3) is 0 Å². The maximum absolute atomic E-state index is 5.88. The van der Waals surface area contributed by atoms with Crippen LogP contribution in [0.15, 0.2) is 22.6 Å². The molecular formula is C16H26N2O. The van der Waals surface area contributed by atoms with Crippen molar-refractivity contribution in [1.82, 2.24) is 10.2 Å². The van der Waals surface area contributed by atoms with Crippen LogP contribution in [0.25, 0.3) is 0 Å². The largest absolute Gasteiger partial charge is 0.465 e. The minimum absolute atomic E-state index is 0.140. The van der Waals surface area contributed by atoms with Crippen molar-refractivity contribution in [2.24, 2.45) is 0 Å². The van der Waals surface area contributed by atoms with E-state index in [1.165, 1.54) is 5.56 Å². The van der Waals surface area contributed by atoms with E-state index in [0.29, 0.717) is 0 Å². The predicted octanol–water partition coefficient (Wildman–Crippen LogP) is 3.24. The van der Waals surface area contributed by atoms with Gasteiger partial charge in [-0.25, -0.2) is 0 Å². The van der Waals surface area contributed by atoms with Crippen molar-refractivity contribution in [1.29, 1.82) is 0 Å². The lowest BCUT2D eigenvalue weighted by atomic mass is 10.1. The molecule has 0 atom stereocenters. The fourth-order valence-electron chi connectivity index (χ4n) is 2.26. The van der Waals surface area contributed by atoms with E-state index in [1.54, 1.807) is 0 Å². The van der Waals surface area contributed by atoms with Gasteiger partial charge >= 0.3 is 0 Å². The molecule has 3 nitrogen and oxygen atoms in total. The van der Waals surface area contributed by atoms with E-state index in [1.807, 2.05) is 0 Å². The summed E-state index contributed by atoms with van der Waals surface area (Å²) in [6, 6.07) is 2.20. The van der Waals surface area contributed by atoms with Gasteiger partial charge in [0.2, 0.25) is 0 Å². The molecule has 0 unspecified atom stereocenters. The Morgan fingerprint density at radius 2 is 2.11 bits per heavy atom. The summed E-state index contributed by atoms with van der Waals surface area (Å²) in [7, 11) is 0. The number of nitrogens with one attached hydrogen (secondary N) is 1. The van der Waals surface area contributed by atoms with E-state index in [-0.39, 0.29) is 5.54 Å². The molecular weight excluding hydrogens is 236 g/mol. The van der Waals surface area contributed by atoms with Crippen molar-refractivity contribution in [3.05, 3.63) is 35.3 Å². The quantitative estimate of drug-likeness (QED) is 0.844. The highest BCUT2D eigenvalue weighted by atomic mass is 16.3. The number of furan rings is 1. The number of rotatable bonds is 4. The molecule has 0 spiro atoms. The normalized spacial score (nSPS) is 17.1. The van der Waals surface area contributed by atoms with Crippen LogP contribution >= 0.6 is 0 Å². The first-order valence-corrected chi connectivity index (χ1v) is 7.14. The van der Waals surface area contributed by atoms with E-state index in [2.05, 4.69) is 56.1 Å². The van der Waals surface area contributed by atoms with Crippen molar-refractivity contribution in [2.75, 3.05) is 13.1 Å². The fourth-order valence-corrected chi connectivity index (χ4v) is 2.26. The second-order valence-electron chi connectivity index (χ2n) is 6.39. The molecule has 3 heteroatoms. The van der Waals surface area contributed by atoms with Crippen molar-refractivity contribution in [2.45, 2.75) is 52.7 Å². The van der Waals surface area contributed by atoms with Crippen LogP contribution < -0.4 is 5.32 Å². The molecule has 0 bridgehead atoms. The zero-order valence-corrected chi connectivity index (χ0v) is 12.6. The molecule has 0 saturated carbocycles. The zero-order valence-electron chi connectivity index (χ0n) is 12.6. The van der Waals surface area contributed by atoms with Gasteiger partial charge in [0.05, 0.1) is 6.54 Å². The molecule has 1 aliphatic rings. The van der Waals surface area contributed by atoms with E-state index < -0.39 is 0 Å². The van der Waals surface area contributed by atoms with Crippen LogP contribution in [-0.4, -0.2) is 23.5 Å². The molecule has 0 amide bonds. The molecule has 0 fully saturated rings. The van der Waals surface area contributed by atoms with Crippen molar-refractivity contribution in [3.63, 3.8) is 0 Å². The number of hydrogen-bond donors (Lipinski definition) is 1. The van der Waals surface area contributed by atoms with Gasteiger partial charge in [-0.15, -0.1) is 0 Å². The van der Waals surface area contributed by atoms with Crippen LogP contribution in [0.2, 0.25) is 0 Å². The number of nitrogens with zero attached hydrogens (tertiary/aromatic N) is 1. The van der Waals surface area contributed by atoms with E-state index in [9.17, 15) is 0 Å². The molecule has 1 N–H and O–H groups in total. The highest BCUT2D eigenvalue weighted by Gasteiger charge is 2.14. The Morgan fingerprint density at radius 3 is 2.74 bits per heavy atom. The van der Waals surface area contributed by atoms with Crippen molar-refractivity contribution in [3.8, 4) is 0 Å². The molecule has 1 aromatic heterocycles. The van der Waals surface area contributed by atoms with Crippen LogP contribution in [0.4, 0.5) is 0 Å². The minimum Gasteiger partial charge on any atom is -0.465 e. The molecule has 106 valence electrons. The predicted molar refractivity (Wildman–Crippen MR) is 79.1 cm³/mol. The maximum atomic E-state index is 5.88. The Hall–Kier alpha value is -1.06. The third-order valence-electron chi connectivity index (χ3n) is 3.40. The first kappa shape index (κ1) is 14.4. The Morgan fingerprint density at radius 1 is 1.32 bits per heavy atom. The first-order valence-electron chi connectivity index (χ1n) is 7.14. The molecule has 2 heterocycles. The van der Waals surface area contributed by atoms with Crippen LogP contribution in [0.5, 0.6) is 0 Å². The smallest absolute Gasteiger partial charge is 0.118 e. The summed E-state index contributed by atoms with van der Waals surface area (Å²) in [5, 5.41) is 3.51. The molecule has 0 aliphatic carbocycles. The number of aryl methyl sites for hydroxylation is 1. The second kappa shape index (κ2) is 5.93. The lowest BCUT2D eigenvalue weighted by Crippen LogP contribution is -2.35. The van der Waals surface area contributed by atoms with Gasteiger partial charge in [0.1, 0.15) is 11.5 Å². The topological polar surface area (TPSA) is 28.4 Å². The van der Waals surface area contributed by atoms with E-state index in [4.69, 9.17) is 4.42 Å². The summed E-state index contributed by atoms with van der Waals surface area (Å²) in [6.45, 7) is 12.6.